The van der Waals surface area contributed by atoms with Crippen LogP contribution in [0.3, 0.4) is 0 Å². The molecular weight excluding hydrogens is 318 g/mol. The fourth-order valence-electron chi connectivity index (χ4n) is 2.80. The Morgan fingerprint density at radius 1 is 1.27 bits per heavy atom. The third kappa shape index (κ3) is 2.76. The quantitative estimate of drug-likeness (QED) is 0.932. The molecule has 0 spiro atoms. The van der Waals surface area contributed by atoms with Crippen LogP contribution < -0.4 is 5.73 Å². The summed E-state index contributed by atoms with van der Waals surface area (Å²) in [5, 5.41) is 0.637. The van der Waals surface area contributed by atoms with Gasteiger partial charge >= 0.3 is 0 Å². The summed E-state index contributed by atoms with van der Waals surface area (Å²) in [5.41, 5.74) is 8.08. The molecule has 1 aliphatic rings. The molecule has 2 aromatic rings. The van der Waals surface area contributed by atoms with Crippen molar-refractivity contribution in [3.63, 3.8) is 0 Å². The minimum Gasteiger partial charge on any atom is -0.375 e. The van der Waals surface area contributed by atoms with Crippen LogP contribution in [-0.4, -0.2) is 31.8 Å². The summed E-state index contributed by atoms with van der Waals surface area (Å²) < 4.78 is 25.4. The molecule has 0 saturated heterocycles. The van der Waals surface area contributed by atoms with Crippen LogP contribution in [0.25, 0.3) is 0 Å². The van der Waals surface area contributed by atoms with Crippen LogP contribution in [0.2, 0.25) is 0 Å². The molecule has 0 radical (unpaired) electrons. The first-order valence-corrected chi connectivity index (χ1v) is 9.40. The van der Waals surface area contributed by atoms with E-state index in [1.54, 1.807) is 37.6 Å². The van der Waals surface area contributed by atoms with Crippen LogP contribution in [0.15, 0.2) is 29.2 Å². The van der Waals surface area contributed by atoms with Crippen LogP contribution in [-0.2, 0) is 22.9 Å². The van der Waals surface area contributed by atoms with Gasteiger partial charge in [0.2, 0.25) is 10.0 Å². The molecule has 5 nitrogen and oxygen atoms in total. The topological polar surface area (TPSA) is 76.3 Å². The molecular formula is C15H19N3O2S2. The largest absolute Gasteiger partial charge is 0.375 e. The van der Waals surface area contributed by atoms with Gasteiger partial charge in [0, 0.05) is 19.0 Å². The number of rotatable bonds is 3. The van der Waals surface area contributed by atoms with Crippen molar-refractivity contribution in [3.05, 3.63) is 40.4 Å². The number of aromatic nitrogens is 1. The zero-order valence-corrected chi connectivity index (χ0v) is 14.2. The van der Waals surface area contributed by atoms with Crippen LogP contribution in [0.4, 0.5) is 5.13 Å². The number of nitrogens with zero attached hydrogens (tertiary/aromatic N) is 2. The predicted octanol–water partition coefficient (Wildman–Crippen LogP) is 2.25. The van der Waals surface area contributed by atoms with Gasteiger partial charge in [-0.05, 0) is 42.9 Å². The summed E-state index contributed by atoms with van der Waals surface area (Å²) in [4.78, 5) is 5.95. The summed E-state index contributed by atoms with van der Waals surface area (Å²) in [6.07, 6.45) is 2.89. The van der Waals surface area contributed by atoms with Gasteiger partial charge in [-0.25, -0.2) is 17.7 Å². The van der Waals surface area contributed by atoms with Gasteiger partial charge in [-0.3, -0.25) is 0 Å². The van der Waals surface area contributed by atoms with Crippen LogP contribution >= 0.6 is 11.3 Å². The lowest BCUT2D eigenvalue weighted by Crippen LogP contribution is -2.22. The molecule has 7 heteroatoms. The normalized spacial score (nSPS) is 18.4. The van der Waals surface area contributed by atoms with E-state index in [9.17, 15) is 8.42 Å². The Morgan fingerprint density at radius 3 is 2.59 bits per heavy atom. The molecule has 1 aromatic heterocycles. The van der Waals surface area contributed by atoms with E-state index in [-0.39, 0.29) is 0 Å². The second kappa shape index (κ2) is 5.64. The van der Waals surface area contributed by atoms with Gasteiger partial charge in [0.05, 0.1) is 10.6 Å². The molecule has 0 bridgehead atoms. The Kier molecular flexibility index (Phi) is 3.96. The number of benzene rings is 1. The number of sulfonamides is 1. The van der Waals surface area contributed by atoms with E-state index in [0.29, 0.717) is 15.9 Å². The number of aryl methyl sites for hydroxylation is 1. The third-order valence-electron chi connectivity index (χ3n) is 4.09. The van der Waals surface area contributed by atoms with E-state index in [1.165, 1.54) is 14.7 Å². The maximum Gasteiger partial charge on any atom is 0.242 e. The van der Waals surface area contributed by atoms with Gasteiger partial charge in [-0.15, -0.1) is 11.3 Å². The molecule has 1 aliphatic carbocycles. The minimum atomic E-state index is -3.36. The lowest BCUT2D eigenvalue weighted by molar-refractivity contribution is 0.520. The Labute approximate surface area is 134 Å². The number of fused-ring (bicyclic) bond motifs is 1. The molecule has 1 heterocycles. The van der Waals surface area contributed by atoms with Crippen molar-refractivity contribution in [1.82, 2.24) is 9.29 Å². The highest BCUT2D eigenvalue weighted by molar-refractivity contribution is 7.89. The van der Waals surface area contributed by atoms with Crippen LogP contribution in [0, 0.1) is 0 Å². The second-order valence-electron chi connectivity index (χ2n) is 5.72. The van der Waals surface area contributed by atoms with E-state index >= 15 is 0 Å². The molecule has 118 valence electrons. The molecule has 2 N–H and O–H groups in total. The van der Waals surface area contributed by atoms with E-state index in [4.69, 9.17) is 5.73 Å². The first-order valence-electron chi connectivity index (χ1n) is 7.14. The molecule has 1 atom stereocenters. The Bertz CT molecular complexity index is 780. The van der Waals surface area contributed by atoms with E-state index < -0.39 is 10.0 Å². The SMILES string of the molecule is CN(C)S(=O)(=O)c1ccc(C2CCc3nc(N)sc3C2)cc1. The lowest BCUT2D eigenvalue weighted by Gasteiger charge is -2.22. The van der Waals surface area contributed by atoms with Crippen LogP contribution in [0.5, 0.6) is 0 Å². The van der Waals surface area contributed by atoms with Crippen molar-refractivity contribution in [1.29, 1.82) is 0 Å². The molecule has 0 saturated carbocycles. The zero-order valence-electron chi connectivity index (χ0n) is 12.6. The molecule has 0 fully saturated rings. The molecule has 22 heavy (non-hydrogen) atoms. The molecule has 1 aromatic carbocycles. The number of nitrogens with two attached hydrogens (primary N) is 1. The van der Waals surface area contributed by atoms with Gasteiger partial charge in [-0.2, -0.15) is 0 Å². The van der Waals surface area contributed by atoms with Crippen molar-refractivity contribution >= 4 is 26.5 Å². The predicted molar refractivity (Wildman–Crippen MR) is 88.6 cm³/mol. The minimum absolute atomic E-state index is 0.333. The highest BCUT2D eigenvalue weighted by Crippen LogP contribution is 2.36. The van der Waals surface area contributed by atoms with Gasteiger partial charge in [0.15, 0.2) is 5.13 Å². The summed E-state index contributed by atoms with van der Waals surface area (Å²) in [6, 6.07) is 7.25. The summed E-state index contributed by atoms with van der Waals surface area (Å²) in [7, 11) is -0.277. The maximum atomic E-state index is 12.1. The van der Waals surface area contributed by atoms with Gasteiger partial charge in [-0.1, -0.05) is 12.1 Å². The fourth-order valence-corrected chi connectivity index (χ4v) is 4.66. The Morgan fingerprint density at radius 2 is 1.95 bits per heavy atom. The average molecular weight is 337 g/mol. The number of thiazole rings is 1. The first kappa shape index (κ1) is 15.5. The van der Waals surface area contributed by atoms with Gasteiger partial charge in [0.1, 0.15) is 0 Å². The van der Waals surface area contributed by atoms with Crippen molar-refractivity contribution in [2.45, 2.75) is 30.1 Å². The van der Waals surface area contributed by atoms with Gasteiger partial charge in [0.25, 0.3) is 0 Å². The number of hydrogen-bond acceptors (Lipinski definition) is 5. The number of anilines is 1. The Hall–Kier alpha value is -1.44. The van der Waals surface area contributed by atoms with E-state index in [2.05, 4.69) is 4.98 Å². The second-order valence-corrected chi connectivity index (χ2v) is 8.99. The van der Waals surface area contributed by atoms with Crippen molar-refractivity contribution in [2.24, 2.45) is 0 Å². The summed E-state index contributed by atoms with van der Waals surface area (Å²) >= 11 is 1.56. The summed E-state index contributed by atoms with van der Waals surface area (Å²) in [6.45, 7) is 0. The standard InChI is InChI=1S/C15H19N3O2S2/c1-18(2)22(19,20)12-6-3-10(4-7-12)11-5-8-13-14(9-11)21-15(16)17-13/h3-4,6-7,11H,5,8-9H2,1-2H3,(H2,16,17). The third-order valence-corrected chi connectivity index (χ3v) is 6.86. The van der Waals surface area contributed by atoms with E-state index in [0.717, 1.165) is 25.0 Å². The average Bonchev–Trinajstić information content (AvgIpc) is 2.86. The fraction of sp³-hybridized carbons (Fsp3) is 0.400. The first-order chi connectivity index (χ1) is 10.4. The van der Waals surface area contributed by atoms with Gasteiger partial charge < -0.3 is 5.73 Å². The number of nitrogen functional groups attached to an aromatic ring is 1. The monoisotopic (exact) mass is 337 g/mol. The zero-order chi connectivity index (χ0) is 15.9. The molecule has 1 unspecified atom stereocenters. The Balaban J connectivity index is 1.83. The maximum absolute atomic E-state index is 12.1. The van der Waals surface area contributed by atoms with Crippen molar-refractivity contribution in [2.75, 3.05) is 19.8 Å². The summed E-state index contributed by atoms with van der Waals surface area (Å²) in [5.74, 6) is 0.406. The highest BCUT2D eigenvalue weighted by atomic mass is 32.2. The molecule has 0 amide bonds. The highest BCUT2D eigenvalue weighted by Gasteiger charge is 2.24. The number of hydrogen-bond donors (Lipinski definition) is 1. The van der Waals surface area contributed by atoms with E-state index in [1.807, 2.05) is 12.1 Å². The molecule has 3 rings (SSSR count). The van der Waals surface area contributed by atoms with Crippen LogP contribution in [0.1, 0.15) is 28.5 Å². The van der Waals surface area contributed by atoms with Crippen molar-refractivity contribution in [3.8, 4) is 0 Å². The smallest absolute Gasteiger partial charge is 0.242 e. The van der Waals surface area contributed by atoms with Crippen molar-refractivity contribution < 1.29 is 8.42 Å². The lowest BCUT2D eigenvalue weighted by atomic mass is 9.85. The molecule has 0 aliphatic heterocycles.